The molecule has 0 N–H and O–H groups in total. The summed E-state index contributed by atoms with van der Waals surface area (Å²) in [6.45, 7) is 0. The van der Waals surface area contributed by atoms with Gasteiger partial charge in [0.05, 0.1) is 0 Å². The molecule has 42 valence electrons. The first-order chi connectivity index (χ1) is 0. The van der Waals surface area contributed by atoms with E-state index in [0.717, 1.165) is 0 Å². The van der Waals surface area contributed by atoms with Crippen LogP contribution in [-0.4, -0.2) is 23.1 Å². The summed E-state index contributed by atoms with van der Waals surface area (Å²) in [5.41, 5.74) is 0. The molecule has 0 aliphatic rings. The molecule has 0 rings (SSSR count). The molecule has 0 amide bonds. The van der Waals surface area contributed by atoms with Gasteiger partial charge in [-0.1, -0.05) is 0 Å². The van der Waals surface area contributed by atoms with Gasteiger partial charge in [-0.25, -0.2) is 0 Å². The molecule has 0 aromatic rings. The van der Waals surface area contributed by atoms with Crippen molar-refractivity contribution in [1.82, 2.24) is 0 Å². The van der Waals surface area contributed by atoms with Crippen molar-refractivity contribution in [2.24, 2.45) is 0 Å². The predicted octanol–water partition coefficient (Wildman–Crippen LogP) is -0.926. The third-order valence-electron chi connectivity index (χ3n) is 0. The fourth-order valence-corrected chi connectivity index (χ4v) is 0. The van der Waals surface area contributed by atoms with E-state index in [4.69, 9.17) is 0 Å². The summed E-state index contributed by atoms with van der Waals surface area (Å²) in [5, 5.41) is 0. The van der Waals surface area contributed by atoms with E-state index in [1.54, 1.807) is 0 Å². The van der Waals surface area contributed by atoms with Crippen molar-refractivity contribution < 1.29 is 67.4 Å². The molecule has 2 radical (unpaired) electrons. The predicted molar refractivity (Wildman–Crippen MR) is 8.54 cm³/mol. The van der Waals surface area contributed by atoms with Crippen molar-refractivity contribution in [1.29, 1.82) is 0 Å². The van der Waals surface area contributed by atoms with Crippen LogP contribution in [0.3, 0.4) is 0 Å². The summed E-state index contributed by atoms with van der Waals surface area (Å²) >= 11 is 0. The van der Waals surface area contributed by atoms with Crippen LogP contribution < -0.4 is 0 Å². The van der Waals surface area contributed by atoms with Gasteiger partial charge in [0, 0.05) is 67.4 Å². The second-order valence-electron chi connectivity index (χ2n) is 0. The fourth-order valence-electron chi connectivity index (χ4n) is 0. The Balaban J connectivity index is 0. The molecule has 0 aromatic heterocycles. The van der Waals surface area contributed by atoms with Gasteiger partial charge >= 0.3 is 23.1 Å². The van der Waals surface area contributed by atoms with Crippen molar-refractivity contribution in [2.45, 2.75) is 0 Å². The molecule has 0 nitrogen and oxygen atoms in total. The minimum absolute atomic E-state index is 0. The van der Waals surface area contributed by atoms with E-state index >= 15 is 0 Å². The van der Waals surface area contributed by atoms with E-state index in [2.05, 4.69) is 0 Å². The van der Waals surface area contributed by atoms with Gasteiger partial charge in [-0.2, -0.15) is 0 Å². The van der Waals surface area contributed by atoms with E-state index in [9.17, 15) is 0 Å². The monoisotopic (exact) mass is 262 g/mol. The minimum atomic E-state index is 0. The van der Waals surface area contributed by atoms with E-state index in [0.29, 0.717) is 0 Å². The van der Waals surface area contributed by atoms with Crippen LogP contribution in [0.15, 0.2) is 0 Å². The molecule has 0 fully saturated rings. The summed E-state index contributed by atoms with van der Waals surface area (Å²) in [5.74, 6) is 0. The SMILES string of the molecule is [Co].[Cu].[Fe].[MgH2].[Ni]. The number of hydrogen-bond acceptors (Lipinski definition) is 0. The Morgan fingerprint density at radius 3 is 1.00 bits per heavy atom. The summed E-state index contributed by atoms with van der Waals surface area (Å²) in [4.78, 5) is 0. The standard InChI is InChI=1S/Co.Cu.Fe.Mg.Ni.2H. The summed E-state index contributed by atoms with van der Waals surface area (Å²) < 4.78 is 0. The second kappa shape index (κ2) is 29.1. The Bertz CT molecular complexity index is 11.6. The van der Waals surface area contributed by atoms with Gasteiger partial charge in [-0.3, -0.25) is 0 Å². The molecule has 0 saturated carbocycles. The van der Waals surface area contributed by atoms with Crippen molar-refractivity contribution in [3.05, 3.63) is 0 Å². The Morgan fingerprint density at radius 1 is 1.00 bits per heavy atom. The first-order valence-corrected chi connectivity index (χ1v) is 0. The zero-order valence-electron chi connectivity index (χ0n) is 1.30. The largest absolute Gasteiger partial charge is 0.316 e. The molecule has 0 spiro atoms. The zero-order valence-corrected chi connectivity index (χ0v) is 5.38. The molecule has 0 aromatic carbocycles. The van der Waals surface area contributed by atoms with Crippen LogP contribution in [0.4, 0.5) is 0 Å². The molecular weight excluding hydrogens is 261 g/mol. The third-order valence-corrected chi connectivity index (χ3v) is 0. The fraction of sp³-hybridized carbons (Fsp3) is 0. The molecule has 0 atom stereocenters. The molecule has 0 aliphatic carbocycles. The Labute approximate surface area is 89.2 Å². The van der Waals surface area contributed by atoms with Gasteiger partial charge in [0.2, 0.25) is 0 Å². The maximum absolute atomic E-state index is 0. The normalized spacial score (nSPS) is 0. The van der Waals surface area contributed by atoms with Crippen LogP contribution >= 0.6 is 0 Å². The van der Waals surface area contributed by atoms with Gasteiger partial charge < -0.3 is 0 Å². The minimum Gasteiger partial charge on any atom is 0 e. The van der Waals surface area contributed by atoms with Crippen molar-refractivity contribution in [3.63, 3.8) is 0 Å². The van der Waals surface area contributed by atoms with Crippen molar-refractivity contribution in [2.75, 3.05) is 0 Å². The Hall–Kier alpha value is 2.81. The average Bonchev–Trinajstić information content (AvgIpc) is 0. The van der Waals surface area contributed by atoms with E-state index in [1.807, 2.05) is 0 Å². The molecule has 0 unspecified atom stereocenters. The first kappa shape index (κ1) is 45.9. The van der Waals surface area contributed by atoms with Gasteiger partial charge in [0.15, 0.2) is 0 Å². The maximum atomic E-state index is 0. The first-order valence-electron chi connectivity index (χ1n) is 0. The third kappa shape index (κ3) is 20.0. The summed E-state index contributed by atoms with van der Waals surface area (Å²) in [6, 6.07) is 0. The molecule has 0 saturated heterocycles. The van der Waals surface area contributed by atoms with Gasteiger partial charge in [0.1, 0.15) is 0 Å². The number of rotatable bonds is 0. The number of hydrogen-bond donors (Lipinski definition) is 0. The maximum Gasteiger partial charge on any atom is 0.316 e. The van der Waals surface area contributed by atoms with E-state index in [-0.39, 0.29) is 90.5 Å². The summed E-state index contributed by atoms with van der Waals surface area (Å²) in [6.07, 6.45) is 0. The van der Waals surface area contributed by atoms with Gasteiger partial charge in [-0.15, -0.1) is 0 Å². The van der Waals surface area contributed by atoms with Crippen LogP contribution in [0.5, 0.6) is 0 Å². The smallest absolute Gasteiger partial charge is 0 e. The molecule has 0 aliphatic heterocycles. The zero-order chi connectivity index (χ0) is 0. The molecule has 0 heterocycles. The second-order valence-corrected chi connectivity index (χ2v) is 0. The molecule has 0 bridgehead atoms. The van der Waals surface area contributed by atoms with Crippen LogP contribution in [0.1, 0.15) is 0 Å². The van der Waals surface area contributed by atoms with E-state index in [1.165, 1.54) is 0 Å². The van der Waals surface area contributed by atoms with Crippen LogP contribution in [0.25, 0.3) is 0 Å². The average molecular weight is 263 g/mol. The van der Waals surface area contributed by atoms with Crippen LogP contribution in [0, 0.1) is 0 Å². The topological polar surface area (TPSA) is 0 Å². The molecule has 5 heteroatoms. The summed E-state index contributed by atoms with van der Waals surface area (Å²) in [7, 11) is 0. The Morgan fingerprint density at radius 2 is 1.00 bits per heavy atom. The van der Waals surface area contributed by atoms with E-state index < -0.39 is 0 Å². The Kier molecular flexibility index (Phi) is 268. The van der Waals surface area contributed by atoms with Crippen LogP contribution in [0.2, 0.25) is 0 Å². The van der Waals surface area contributed by atoms with Gasteiger partial charge in [-0.05, 0) is 0 Å². The van der Waals surface area contributed by atoms with Gasteiger partial charge in [0.25, 0.3) is 0 Å². The quantitative estimate of drug-likeness (QED) is 0.496. The van der Waals surface area contributed by atoms with Crippen molar-refractivity contribution >= 4 is 23.1 Å². The van der Waals surface area contributed by atoms with Crippen molar-refractivity contribution in [3.8, 4) is 0 Å². The molecule has 5 heavy (non-hydrogen) atoms. The van der Waals surface area contributed by atoms with Crippen LogP contribution in [-0.2, 0) is 67.4 Å². The molecular formula is H2CoCuFeMgNi.